The van der Waals surface area contributed by atoms with E-state index >= 15 is 0 Å². The molecule has 0 spiro atoms. The molecule has 0 aromatic heterocycles. The van der Waals surface area contributed by atoms with E-state index in [1.165, 1.54) is 42.4 Å². The highest BCUT2D eigenvalue weighted by atomic mass is 16.5. The van der Waals surface area contributed by atoms with Crippen LogP contribution < -0.4 is 10.5 Å². The number of nitrogens with two attached hydrogens (primary N) is 1. The lowest BCUT2D eigenvalue weighted by atomic mass is 9.95. The third-order valence-corrected chi connectivity index (χ3v) is 4.78. The zero-order valence-corrected chi connectivity index (χ0v) is 13.1. The fourth-order valence-electron chi connectivity index (χ4n) is 3.49. The Kier molecular flexibility index (Phi) is 4.81. The lowest BCUT2D eigenvalue weighted by molar-refractivity contribution is -0.124. The molecule has 0 heterocycles. The molecular weight excluding hydrogens is 274 g/mol. The molecule has 3 rings (SSSR count). The largest absolute Gasteiger partial charge is 0.481 e. The Morgan fingerprint density at radius 1 is 1.14 bits per heavy atom. The van der Waals surface area contributed by atoms with E-state index in [0.717, 1.165) is 31.4 Å². The van der Waals surface area contributed by atoms with Crippen LogP contribution in [0, 0.1) is 0 Å². The zero-order chi connectivity index (χ0) is 15.4. The molecule has 0 aliphatic heterocycles. The van der Waals surface area contributed by atoms with Gasteiger partial charge in [0.1, 0.15) is 5.75 Å². The molecule has 0 bridgehead atoms. The van der Waals surface area contributed by atoms with Gasteiger partial charge in [0.2, 0.25) is 0 Å². The van der Waals surface area contributed by atoms with Crippen LogP contribution in [0.2, 0.25) is 0 Å². The fraction of sp³-hybridized carbons (Fsp3) is 0.526. The molecule has 1 amide bonds. The molecule has 1 unspecified atom stereocenters. The van der Waals surface area contributed by atoms with Crippen LogP contribution in [0.4, 0.5) is 0 Å². The van der Waals surface area contributed by atoms with Crippen molar-refractivity contribution in [3.05, 3.63) is 41.0 Å². The van der Waals surface area contributed by atoms with E-state index in [9.17, 15) is 4.79 Å². The Hall–Kier alpha value is -1.77. The second kappa shape index (κ2) is 6.99. The van der Waals surface area contributed by atoms with Crippen molar-refractivity contribution in [3.63, 3.8) is 0 Å². The maximum absolute atomic E-state index is 11.7. The molecule has 1 aromatic rings. The maximum atomic E-state index is 11.7. The van der Waals surface area contributed by atoms with Gasteiger partial charge in [-0.1, -0.05) is 17.7 Å². The summed E-state index contributed by atoms with van der Waals surface area (Å²) in [5.74, 6) is 0.416. The van der Waals surface area contributed by atoms with Gasteiger partial charge in [0.15, 0.2) is 6.10 Å². The van der Waals surface area contributed by atoms with Crippen LogP contribution in [0.3, 0.4) is 0 Å². The zero-order valence-electron chi connectivity index (χ0n) is 13.1. The molecule has 2 N–H and O–H groups in total. The van der Waals surface area contributed by atoms with Crippen LogP contribution in [0.1, 0.15) is 56.1 Å². The van der Waals surface area contributed by atoms with E-state index in [2.05, 4.69) is 18.2 Å². The summed E-state index contributed by atoms with van der Waals surface area (Å²) in [7, 11) is 0. The first-order chi connectivity index (χ1) is 10.7. The van der Waals surface area contributed by atoms with E-state index in [1.54, 1.807) is 0 Å². The molecule has 0 saturated heterocycles. The van der Waals surface area contributed by atoms with Crippen LogP contribution in [-0.2, 0) is 17.6 Å². The molecule has 1 atom stereocenters. The van der Waals surface area contributed by atoms with Crippen LogP contribution in [0.5, 0.6) is 5.75 Å². The van der Waals surface area contributed by atoms with E-state index in [0.29, 0.717) is 6.42 Å². The summed E-state index contributed by atoms with van der Waals surface area (Å²) < 4.78 is 5.89. The number of amides is 1. The van der Waals surface area contributed by atoms with Gasteiger partial charge < -0.3 is 10.5 Å². The molecule has 0 radical (unpaired) electrons. The molecule has 118 valence electrons. The van der Waals surface area contributed by atoms with Crippen LogP contribution in [0.25, 0.3) is 0 Å². The van der Waals surface area contributed by atoms with Crippen LogP contribution >= 0.6 is 0 Å². The first-order valence-corrected chi connectivity index (χ1v) is 8.48. The van der Waals surface area contributed by atoms with Gasteiger partial charge in [0, 0.05) is 0 Å². The number of primary amides is 1. The van der Waals surface area contributed by atoms with Crippen molar-refractivity contribution < 1.29 is 9.53 Å². The highest BCUT2D eigenvalue weighted by Crippen LogP contribution is 2.28. The minimum atomic E-state index is -0.526. The van der Waals surface area contributed by atoms with E-state index in [4.69, 9.17) is 10.5 Å². The predicted octanol–water partition coefficient (Wildman–Crippen LogP) is 3.69. The average molecular weight is 299 g/mol. The third kappa shape index (κ3) is 3.70. The van der Waals surface area contributed by atoms with Crippen LogP contribution in [-0.4, -0.2) is 12.0 Å². The van der Waals surface area contributed by atoms with Gasteiger partial charge >= 0.3 is 0 Å². The van der Waals surface area contributed by atoms with Crippen LogP contribution in [0.15, 0.2) is 29.8 Å². The normalized spacial score (nSPS) is 18.5. The summed E-state index contributed by atoms with van der Waals surface area (Å²) in [6.07, 6.45) is 11.7. The number of aryl methyl sites for hydroxylation is 2. The van der Waals surface area contributed by atoms with Gasteiger partial charge in [-0.3, -0.25) is 4.79 Å². The summed E-state index contributed by atoms with van der Waals surface area (Å²) >= 11 is 0. The number of benzene rings is 1. The molecule has 1 aromatic carbocycles. The number of hydrogen-bond acceptors (Lipinski definition) is 2. The Balaban J connectivity index is 1.61. The molecule has 2 aliphatic carbocycles. The van der Waals surface area contributed by atoms with Crippen molar-refractivity contribution >= 4 is 5.91 Å². The molecule has 22 heavy (non-hydrogen) atoms. The number of fused-ring (bicyclic) bond motifs is 1. The van der Waals surface area contributed by atoms with Gasteiger partial charge in [-0.15, -0.1) is 0 Å². The Morgan fingerprint density at radius 3 is 2.77 bits per heavy atom. The van der Waals surface area contributed by atoms with Gasteiger partial charge in [0.25, 0.3) is 5.91 Å². The number of allylic oxidation sites excluding steroid dienone is 2. The molecule has 2 aliphatic rings. The summed E-state index contributed by atoms with van der Waals surface area (Å²) in [6.45, 7) is 0. The number of carbonyl (C=O) groups is 1. The molecule has 3 nitrogen and oxygen atoms in total. The van der Waals surface area contributed by atoms with Crippen molar-refractivity contribution in [2.75, 3.05) is 0 Å². The Morgan fingerprint density at radius 2 is 2.00 bits per heavy atom. The summed E-state index contributed by atoms with van der Waals surface area (Å²) in [5, 5.41) is 0. The van der Waals surface area contributed by atoms with E-state index in [-0.39, 0.29) is 5.91 Å². The van der Waals surface area contributed by atoms with Crippen molar-refractivity contribution in [2.24, 2.45) is 5.73 Å². The van der Waals surface area contributed by atoms with Crippen molar-refractivity contribution in [1.82, 2.24) is 0 Å². The van der Waals surface area contributed by atoms with Crippen molar-refractivity contribution in [1.29, 1.82) is 0 Å². The second-order valence-electron chi connectivity index (χ2n) is 6.44. The van der Waals surface area contributed by atoms with Crippen molar-refractivity contribution in [2.45, 2.75) is 63.9 Å². The highest BCUT2D eigenvalue weighted by molar-refractivity contribution is 5.79. The van der Waals surface area contributed by atoms with Crippen molar-refractivity contribution in [3.8, 4) is 5.75 Å². The number of carbonyl (C=O) groups excluding carboxylic acids is 1. The second-order valence-corrected chi connectivity index (χ2v) is 6.44. The lowest BCUT2D eigenvalue weighted by Gasteiger charge is -2.19. The first-order valence-electron chi connectivity index (χ1n) is 8.48. The summed E-state index contributed by atoms with van der Waals surface area (Å²) in [5.41, 5.74) is 9.75. The summed E-state index contributed by atoms with van der Waals surface area (Å²) in [4.78, 5) is 11.7. The molecule has 3 heteroatoms. The number of rotatable bonds is 6. The molecule has 0 fully saturated rings. The first kappa shape index (κ1) is 15.1. The monoisotopic (exact) mass is 299 g/mol. The van der Waals surface area contributed by atoms with E-state index in [1.807, 2.05) is 6.07 Å². The Bertz CT molecular complexity index is 577. The fourth-order valence-corrected chi connectivity index (χ4v) is 3.49. The minimum Gasteiger partial charge on any atom is -0.481 e. The van der Waals surface area contributed by atoms with Gasteiger partial charge in [-0.05, 0) is 81.0 Å². The number of hydrogen-bond donors (Lipinski definition) is 1. The van der Waals surface area contributed by atoms with E-state index < -0.39 is 6.10 Å². The molecular formula is C19H25NO2. The quantitative estimate of drug-likeness (QED) is 0.814. The highest BCUT2D eigenvalue weighted by Gasteiger charge is 2.19. The summed E-state index contributed by atoms with van der Waals surface area (Å²) in [6, 6.07) is 6.18. The average Bonchev–Trinajstić information content (AvgIpc) is 2.99. The topological polar surface area (TPSA) is 52.3 Å². The predicted molar refractivity (Wildman–Crippen MR) is 87.9 cm³/mol. The minimum absolute atomic E-state index is 0.364. The number of ether oxygens (including phenoxy) is 1. The SMILES string of the molecule is NC(=O)C(CCC1=CCCCC1)Oc1ccc2c(c1)CCC2. The maximum Gasteiger partial charge on any atom is 0.258 e. The smallest absolute Gasteiger partial charge is 0.258 e. The third-order valence-electron chi connectivity index (χ3n) is 4.78. The molecule has 0 saturated carbocycles. The Labute approximate surface area is 132 Å². The van der Waals surface area contributed by atoms with Gasteiger partial charge in [-0.2, -0.15) is 0 Å². The van der Waals surface area contributed by atoms with Gasteiger partial charge in [-0.25, -0.2) is 0 Å². The standard InChI is InChI=1S/C19H25NO2/c20-19(21)18(12-9-14-5-2-1-3-6-14)22-17-11-10-15-7-4-8-16(15)13-17/h5,10-11,13,18H,1-4,6-9,12H2,(H2,20,21). The lowest BCUT2D eigenvalue weighted by Crippen LogP contribution is -2.33. The van der Waals surface area contributed by atoms with Gasteiger partial charge in [0.05, 0.1) is 0 Å².